The Morgan fingerprint density at radius 2 is 1.00 bits per heavy atom. The van der Waals surface area contributed by atoms with Crippen molar-refractivity contribution in [1.29, 1.82) is 0 Å². The Labute approximate surface area is 147 Å². The number of aliphatic hydroxyl groups is 3. The first-order valence-corrected chi connectivity index (χ1v) is 7.20. The summed E-state index contributed by atoms with van der Waals surface area (Å²) in [4.78, 5) is 0. The zero-order chi connectivity index (χ0) is 16.9. The molecule has 0 saturated heterocycles. The van der Waals surface area contributed by atoms with Crippen LogP contribution >= 0.6 is 0 Å². The molecule has 0 amide bonds. The Hall–Kier alpha value is 0.0743. The molecule has 21 heavy (non-hydrogen) atoms. The predicted octanol–water partition coefficient (Wildman–Crippen LogP) is 3.63. The maximum absolute atomic E-state index is 8.06. The molecule has 0 fully saturated rings. The van der Waals surface area contributed by atoms with Crippen molar-refractivity contribution < 1.29 is 37.0 Å². The van der Waals surface area contributed by atoms with Crippen LogP contribution in [0.3, 0.4) is 0 Å². The fourth-order valence-corrected chi connectivity index (χ4v) is 0.850. The summed E-state index contributed by atoms with van der Waals surface area (Å²) in [6, 6.07) is 0. The van der Waals surface area contributed by atoms with Crippen molar-refractivity contribution in [2.45, 2.75) is 87.0 Å². The summed E-state index contributed by atoms with van der Waals surface area (Å²) in [6.07, 6.45) is 3.81. The summed E-state index contributed by atoms with van der Waals surface area (Å²) in [6.45, 7) is 16.8. The minimum Gasteiger partial charge on any atom is -0.394 e. The van der Waals surface area contributed by atoms with Gasteiger partial charge in [-0.15, -0.1) is 13.3 Å². The SMILES string of the molecule is CC(C)O.CC(C)O.CC(C)O.CC1=[C-]CC(C)=C1C.[Ti]. The van der Waals surface area contributed by atoms with Crippen molar-refractivity contribution in [3.05, 3.63) is 22.8 Å². The average Bonchev–Trinajstić information content (AvgIpc) is 2.47. The third-order valence-corrected chi connectivity index (χ3v) is 1.82. The van der Waals surface area contributed by atoms with E-state index in [2.05, 4.69) is 26.8 Å². The van der Waals surface area contributed by atoms with E-state index in [1.54, 1.807) is 41.5 Å². The molecule has 0 atom stereocenters. The number of hydrogen-bond acceptors (Lipinski definition) is 3. The van der Waals surface area contributed by atoms with Gasteiger partial charge in [-0.05, 0) is 41.5 Å². The topological polar surface area (TPSA) is 60.7 Å². The molecule has 0 unspecified atom stereocenters. The van der Waals surface area contributed by atoms with Crippen molar-refractivity contribution >= 4 is 0 Å². The molecular formula is C17H35O3Ti-. The van der Waals surface area contributed by atoms with Gasteiger partial charge >= 0.3 is 0 Å². The van der Waals surface area contributed by atoms with Gasteiger partial charge in [-0.1, -0.05) is 13.8 Å². The van der Waals surface area contributed by atoms with E-state index in [1.807, 2.05) is 0 Å². The molecule has 0 aliphatic heterocycles. The number of hydrogen-bond donors (Lipinski definition) is 3. The van der Waals surface area contributed by atoms with Crippen molar-refractivity contribution in [3.63, 3.8) is 0 Å². The number of aliphatic hydroxyl groups excluding tert-OH is 3. The van der Waals surface area contributed by atoms with Crippen LogP contribution in [-0.4, -0.2) is 33.6 Å². The van der Waals surface area contributed by atoms with E-state index in [1.165, 1.54) is 16.7 Å². The molecule has 3 N–H and O–H groups in total. The minimum atomic E-state index is -0.167. The van der Waals surface area contributed by atoms with Gasteiger partial charge in [-0.25, -0.2) is 5.57 Å². The Balaban J connectivity index is -0.0000000973. The van der Waals surface area contributed by atoms with Crippen molar-refractivity contribution in [2.75, 3.05) is 0 Å². The van der Waals surface area contributed by atoms with Gasteiger partial charge in [0.1, 0.15) is 0 Å². The minimum absolute atomic E-state index is 0. The maximum atomic E-state index is 8.06. The molecule has 0 spiro atoms. The smallest absolute Gasteiger partial charge is 0.0483 e. The Morgan fingerprint density at radius 3 is 1.05 bits per heavy atom. The van der Waals surface area contributed by atoms with E-state index in [4.69, 9.17) is 15.3 Å². The second-order valence-electron chi connectivity index (χ2n) is 5.67. The molecule has 0 saturated carbocycles. The molecule has 0 heterocycles. The van der Waals surface area contributed by atoms with Gasteiger partial charge in [0.05, 0.1) is 0 Å². The summed E-state index contributed by atoms with van der Waals surface area (Å²) in [5.74, 6) is 0. The molecule has 0 radical (unpaired) electrons. The first kappa shape index (κ1) is 29.1. The van der Waals surface area contributed by atoms with Crippen molar-refractivity contribution in [1.82, 2.24) is 0 Å². The molecule has 0 aromatic heterocycles. The predicted molar refractivity (Wildman–Crippen MR) is 87.5 cm³/mol. The first-order chi connectivity index (χ1) is 8.91. The third-order valence-electron chi connectivity index (χ3n) is 1.82. The molecule has 1 aliphatic carbocycles. The van der Waals surface area contributed by atoms with Crippen LogP contribution in [0.25, 0.3) is 0 Å². The van der Waals surface area contributed by atoms with Crippen molar-refractivity contribution in [3.8, 4) is 0 Å². The average molecular weight is 335 g/mol. The van der Waals surface area contributed by atoms with Gasteiger partial charge in [-0.2, -0.15) is 11.1 Å². The second kappa shape index (κ2) is 18.1. The zero-order valence-corrected chi connectivity index (χ0v) is 16.8. The standard InChI is InChI=1S/C8H11.3C3H8O.Ti/c1-6-4-5-7(2)8(6)3;3*1-3(2)4;/h4H2,1-3H3;3*3-4H,1-2H3;/q-1;;;;. The summed E-state index contributed by atoms with van der Waals surface area (Å²) in [5, 5.41) is 24.2. The molecule has 1 aliphatic rings. The third kappa shape index (κ3) is 38.4. The van der Waals surface area contributed by atoms with Crippen LogP contribution in [0.2, 0.25) is 0 Å². The van der Waals surface area contributed by atoms with Crippen LogP contribution in [0.4, 0.5) is 0 Å². The largest absolute Gasteiger partial charge is 0.394 e. The van der Waals surface area contributed by atoms with Gasteiger partial charge < -0.3 is 15.3 Å². The second-order valence-corrected chi connectivity index (χ2v) is 5.67. The van der Waals surface area contributed by atoms with Gasteiger partial charge in [0.25, 0.3) is 0 Å². The summed E-state index contributed by atoms with van der Waals surface area (Å²) < 4.78 is 0. The van der Waals surface area contributed by atoms with E-state index in [9.17, 15) is 0 Å². The molecule has 0 aromatic rings. The number of rotatable bonds is 0. The monoisotopic (exact) mass is 335 g/mol. The van der Waals surface area contributed by atoms with Gasteiger partial charge in [0.2, 0.25) is 0 Å². The normalized spacial score (nSPS) is 12.6. The first-order valence-electron chi connectivity index (χ1n) is 7.20. The van der Waals surface area contributed by atoms with Gasteiger partial charge in [-0.3, -0.25) is 6.08 Å². The molecule has 0 aromatic carbocycles. The number of allylic oxidation sites excluding steroid dienone is 4. The van der Waals surface area contributed by atoms with E-state index in [0.717, 1.165) is 6.42 Å². The summed E-state index contributed by atoms with van der Waals surface area (Å²) in [5.41, 5.74) is 4.25. The molecular weight excluding hydrogens is 300 g/mol. The van der Waals surface area contributed by atoms with Crippen LogP contribution in [0.5, 0.6) is 0 Å². The van der Waals surface area contributed by atoms with Crippen LogP contribution < -0.4 is 0 Å². The van der Waals surface area contributed by atoms with Crippen LogP contribution in [-0.2, 0) is 21.7 Å². The van der Waals surface area contributed by atoms with E-state index < -0.39 is 0 Å². The molecule has 4 heteroatoms. The van der Waals surface area contributed by atoms with Crippen molar-refractivity contribution in [2.24, 2.45) is 0 Å². The summed E-state index contributed by atoms with van der Waals surface area (Å²) >= 11 is 0. The summed E-state index contributed by atoms with van der Waals surface area (Å²) in [7, 11) is 0. The van der Waals surface area contributed by atoms with Crippen LogP contribution in [0.15, 0.2) is 16.7 Å². The Kier molecular flexibility index (Phi) is 25.1. The van der Waals surface area contributed by atoms with Crippen LogP contribution in [0.1, 0.15) is 68.7 Å². The van der Waals surface area contributed by atoms with Gasteiger partial charge in [0, 0.05) is 40.0 Å². The zero-order valence-electron chi connectivity index (χ0n) is 15.3. The fourth-order valence-electron chi connectivity index (χ4n) is 0.850. The van der Waals surface area contributed by atoms with E-state index in [-0.39, 0.29) is 40.0 Å². The maximum Gasteiger partial charge on any atom is 0.0483 e. The van der Waals surface area contributed by atoms with Crippen LogP contribution in [0, 0.1) is 6.08 Å². The molecule has 126 valence electrons. The Bertz CT molecular complexity index is 252. The molecule has 1 rings (SSSR count). The fraction of sp³-hybridized carbons (Fsp3) is 0.765. The van der Waals surface area contributed by atoms with E-state index in [0.29, 0.717) is 0 Å². The van der Waals surface area contributed by atoms with E-state index >= 15 is 0 Å². The molecule has 0 bridgehead atoms. The quantitative estimate of drug-likeness (QED) is 0.468. The molecule has 3 nitrogen and oxygen atoms in total. The van der Waals surface area contributed by atoms with Gasteiger partial charge in [0.15, 0.2) is 0 Å². The Morgan fingerprint density at radius 1 is 0.762 bits per heavy atom.